The van der Waals surface area contributed by atoms with Crippen LogP contribution >= 0.6 is 11.6 Å². The largest absolute Gasteiger partial charge is 0.374 e. The summed E-state index contributed by atoms with van der Waals surface area (Å²) < 4.78 is 5.47. The lowest BCUT2D eigenvalue weighted by Crippen LogP contribution is -2.41. The van der Waals surface area contributed by atoms with Crippen molar-refractivity contribution in [2.75, 3.05) is 13.2 Å². The fourth-order valence-corrected chi connectivity index (χ4v) is 2.53. The second kappa shape index (κ2) is 3.75. The Morgan fingerprint density at radius 1 is 1.38 bits per heavy atom. The van der Waals surface area contributed by atoms with E-state index >= 15 is 0 Å². The second-order valence-corrected chi connectivity index (χ2v) is 4.75. The third-order valence-corrected chi connectivity index (χ3v) is 3.50. The van der Waals surface area contributed by atoms with Gasteiger partial charge in [0, 0.05) is 17.1 Å². The first-order chi connectivity index (χ1) is 7.74. The number of hydrogen-bond donors (Lipinski definition) is 0. The average molecular weight is 238 g/mol. The Balaban J connectivity index is 1.80. The highest BCUT2D eigenvalue weighted by Crippen LogP contribution is 2.29. The van der Waals surface area contributed by atoms with E-state index in [-0.39, 0.29) is 18.1 Å². The normalized spacial score (nSPS) is 27.4. The molecule has 2 heterocycles. The number of benzene rings is 1. The molecule has 1 aromatic carbocycles. The smallest absolute Gasteiger partial charge is 0.254 e. The molecule has 3 rings (SSSR count). The van der Waals surface area contributed by atoms with Crippen molar-refractivity contribution in [1.82, 2.24) is 4.90 Å². The van der Waals surface area contributed by atoms with E-state index in [0.29, 0.717) is 17.2 Å². The highest BCUT2D eigenvalue weighted by atomic mass is 35.5. The van der Waals surface area contributed by atoms with Crippen LogP contribution in [0.2, 0.25) is 5.02 Å². The predicted octanol–water partition coefficient (Wildman–Crippen LogP) is 1.95. The number of carbonyl (C=O) groups excluding carboxylic acids is 1. The minimum atomic E-state index is 0.0902. The zero-order valence-electron chi connectivity index (χ0n) is 8.73. The Bertz CT molecular complexity index is 418. The molecule has 2 saturated heterocycles. The van der Waals surface area contributed by atoms with E-state index in [2.05, 4.69) is 0 Å². The average Bonchev–Trinajstić information content (AvgIpc) is 2.91. The van der Waals surface area contributed by atoms with Gasteiger partial charge in [-0.3, -0.25) is 4.79 Å². The maximum Gasteiger partial charge on any atom is 0.254 e. The Kier molecular flexibility index (Phi) is 2.37. The van der Waals surface area contributed by atoms with Crippen molar-refractivity contribution < 1.29 is 9.53 Å². The van der Waals surface area contributed by atoms with Crippen LogP contribution in [0.4, 0.5) is 0 Å². The lowest BCUT2D eigenvalue weighted by Gasteiger charge is -2.26. The van der Waals surface area contributed by atoms with Crippen LogP contribution in [-0.4, -0.2) is 36.1 Å². The van der Waals surface area contributed by atoms with Gasteiger partial charge in [0.1, 0.15) is 0 Å². The fourth-order valence-electron chi connectivity index (χ4n) is 2.41. The fraction of sp³-hybridized carbons (Fsp3) is 0.417. The molecule has 0 aromatic heterocycles. The van der Waals surface area contributed by atoms with Crippen molar-refractivity contribution in [2.24, 2.45) is 0 Å². The predicted molar refractivity (Wildman–Crippen MR) is 60.6 cm³/mol. The van der Waals surface area contributed by atoms with Gasteiger partial charge in [-0.1, -0.05) is 11.6 Å². The van der Waals surface area contributed by atoms with Gasteiger partial charge in [-0.15, -0.1) is 0 Å². The van der Waals surface area contributed by atoms with Crippen LogP contribution in [0.15, 0.2) is 24.3 Å². The number of fused-ring (bicyclic) bond motifs is 2. The maximum absolute atomic E-state index is 12.2. The van der Waals surface area contributed by atoms with E-state index in [0.717, 1.165) is 13.0 Å². The number of rotatable bonds is 1. The Morgan fingerprint density at radius 2 is 2.12 bits per heavy atom. The molecule has 3 nitrogen and oxygen atoms in total. The van der Waals surface area contributed by atoms with Crippen molar-refractivity contribution in [2.45, 2.75) is 18.6 Å². The zero-order chi connectivity index (χ0) is 11.1. The molecule has 4 heteroatoms. The molecule has 0 aliphatic carbocycles. The number of likely N-dealkylation sites (tertiary alicyclic amines) is 1. The van der Waals surface area contributed by atoms with Gasteiger partial charge < -0.3 is 9.64 Å². The summed E-state index contributed by atoms with van der Waals surface area (Å²) in [7, 11) is 0. The van der Waals surface area contributed by atoms with Crippen molar-refractivity contribution in [1.29, 1.82) is 0 Å². The van der Waals surface area contributed by atoms with Crippen LogP contribution < -0.4 is 0 Å². The quantitative estimate of drug-likeness (QED) is 0.747. The van der Waals surface area contributed by atoms with Crippen LogP contribution in [0.3, 0.4) is 0 Å². The summed E-state index contributed by atoms with van der Waals surface area (Å²) in [5.41, 5.74) is 0.706. The molecule has 2 atom stereocenters. The first kappa shape index (κ1) is 10.1. The Labute approximate surface area is 98.9 Å². The number of carbonyl (C=O) groups is 1. The number of ether oxygens (including phenoxy) is 1. The highest BCUT2D eigenvalue weighted by Gasteiger charge is 2.41. The lowest BCUT2D eigenvalue weighted by atomic mass is 10.2. The summed E-state index contributed by atoms with van der Waals surface area (Å²) in [6.45, 7) is 1.41. The van der Waals surface area contributed by atoms with Crippen LogP contribution in [0, 0.1) is 0 Å². The Hall–Kier alpha value is -1.06. The van der Waals surface area contributed by atoms with Gasteiger partial charge in [0.15, 0.2) is 0 Å². The molecule has 2 unspecified atom stereocenters. The van der Waals surface area contributed by atoms with E-state index in [9.17, 15) is 4.79 Å². The molecule has 84 valence electrons. The summed E-state index contributed by atoms with van der Waals surface area (Å²) in [4.78, 5) is 14.1. The first-order valence-electron chi connectivity index (χ1n) is 5.42. The van der Waals surface area contributed by atoms with E-state index in [4.69, 9.17) is 16.3 Å². The number of morpholine rings is 1. The first-order valence-corrected chi connectivity index (χ1v) is 5.80. The molecule has 2 fully saturated rings. The van der Waals surface area contributed by atoms with Crippen molar-refractivity contribution in [3.8, 4) is 0 Å². The van der Waals surface area contributed by atoms with Gasteiger partial charge in [-0.25, -0.2) is 0 Å². The van der Waals surface area contributed by atoms with Crippen molar-refractivity contribution in [3.63, 3.8) is 0 Å². The van der Waals surface area contributed by atoms with Crippen molar-refractivity contribution in [3.05, 3.63) is 34.9 Å². The van der Waals surface area contributed by atoms with Crippen LogP contribution in [0.25, 0.3) is 0 Å². The van der Waals surface area contributed by atoms with E-state index in [1.165, 1.54) is 0 Å². The number of nitrogens with zero attached hydrogens (tertiary/aromatic N) is 1. The number of hydrogen-bond acceptors (Lipinski definition) is 2. The molecule has 16 heavy (non-hydrogen) atoms. The molecular weight excluding hydrogens is 226 g/mol. The summed E-state index contributed by atoms with van der Waals surface area (Å²) >= 11 is 5.79. The van der Waals surface area contributed by atoms with Gasteiger partial charge in [0.25, 0.3) is 5.91 Å². The van der Waals surface area contributed by atoms with Crippen LogP contribution in [0.5, 0.6) is 0 Å². The molecule has 1 amide bonds. The standard InChI is InChI=1S/C12H12ClNO2/c13-9-3-1-8(2-4-9)12(15)14-6-11-5-10(14)7-16-11/h1-4,10-11H,5-7H2. The highest BCUT2D eigenvalue weighted by molar-refractivity contribution is 6.30. The van der Waals surface area contributed by atoms with Gasteiger partial charge in [-0.2, -0.15) is 0 Å². The van der Waals surface area contributed by atoms with E-state index < -0.39 is 0 Å². The SMILES string of the molecule is O=C(c1ccc(Cl)cc1)N1CC2CC1CO2. The topological polar surface area (TPSA) is 29.5 Å². The van der Waals surface area contributed by atoms with Gasteiger partial charge in [0.05, 0.1) is 18.8 Å². The van der Waals surface area contributed by atoms with E-state index in [1.807, 2.05) is 4.90 Å². The summed E-state index contributed by atoms with van der Waals surface area (Å²) in [6, 6.07) is 7.32. The zero-order valence-corrected chi connectivity index (χ0v) is 9.48. The molecule has 2 aliphatic rings. The summed E-state index contributed by atoms with van der Waals surface area (Å²) in [6.07, 6.45) is 1.24. The van der Waals surface area contributed by atoms with Crippen LogP contribution in [-0.2, 0) is 4.74 Å². The minimum absolute atomic E-state index is 0.0902. The second-order valence-electron chi connectivity index (χ2n) is 4.31. The summed E-state index contributed by atoms with van der Waals surface area (Å²) in [5, 5.41) is 0.655. The molecule has 0 N–H and O–H groups in total. The Morgan fingerprint density at radius 3 is 2.69 bits per heavy atom. The maximum atomic E-state index is 12.2. The molecule has 1 aromatic rings. The molecule has 0 saturated carbocycles. The summed E-state index contributed by atoms with van der Waals surface area (Å²) in [5.74, 6) is 0.0902. The third-order valence-electron chi connectivity index (χ3n) is 3.25. The minimum Gasteiger partial charge on any atom is -0.374 e. The molecular formula is C12H12ClNO2. The van der Waals surface area contributed by atoms with Gasteiger partial charge in [-0.05, 0) is 30.7 Å². The van der Waals surface area contributed by atoms with E-state index in [1.54, 1.807) is 24.3 Å². The third kappa shape index (κ3) is 1.60. The molecule has 2 aliphatic heterocycles. The van der Waals surface area contributed by atoms with Crippen molar-refractivity contribution >= 4 is 17.5 Å². The number of halogens is 1. The van der Waals surface area contributed by atoms with Gasteiger partial charge in [0.2, 0.25) is 0 Å². The van der Waals surface area contributed by atoms with Crippen LogP contribution in [0.1, 0.15) is 16.8 Å². The molecule has 0 spiro atoms. The lowest BCUT2D eigenvalue weighted by molar-refractivity contribution is 0.0259. The van der Waals surface area contributed by atoms with Gasteiger partial charge >= 0.3 is 0 Å². The monoisotopic (exact) mass is 237 g/mol. The number of amides is 1. The molecule has 0 radical (unpaired) electrons. The molecule has 2 bridgehead atoms.